The second-order valence-corrected chi connectivity index (χ2v) is 6.22. The second-order valence-electron chi connectivity index (χ2n) is 4.17. The maximum absolute atomic E-state index is 11.9. The summed E-state index contributed by atoms with van der Waals surface area (Å²) in [4.78, 5) is 16.6. The minimum atomic E-state index is -0.359. The van der Waals surface area contributed by atoms with E-state index in [-0.39, 0.29) is 16.7 Å². The van der Waals surface area contributed by atoms with Crippen LogP contribution in [0.25, 0.3) is 0 Å². The smallest absolute Gasteiger partial charge is 0.283 e. The molecule has 0 fully saturated rings. The number of amides is 1. The van der Waals surface area contributed by atoms with Crippen molar-refractivity contribution < 1.29 is 9.90 Å². The molecule has 21 heavy (non-hydrogen) atoms. The number of aromatic nitrogens is 1. The van der Waals surface area contributed by atoms with Gasteiger partial charge in [-0.15, -0.1) is 11.3 Å². The average molecular weight is 344 g/mol. The van der Waals surface area contributed by atoms with E-state index in [4.69, 9.17) is 23.2 Å². The van der Waals surface area contributed by atoms with Crippen LogP contribution in [0.5, 0.6) is 5.75 Å². The number of hydrogen-bond acceptors (Lipinski definition) is 5. The zero-order valence-corrected chi connectivity index (χ0v) is 13.5. The Labute approximate surface area is 135 Å². The Bertz CT molecular complexity index is 728. The Morgan fingerprint density at radius 2 is 2.14 bits per heavy atom. The van der Waals surface area contributed by atoms with Crippen molar-refractivity contribution in [2.24, 2.45) is 5.10 Å². The van der Waals surface area contributed by atoms with Crippen molar-refractivity contribution in [3.8, 4) is 5.75 Å². The molecule has 1 aromatic heterocycles. The molecule has 1 heterocycles. The molecule has 5 nitrogen and oxygen atoms in total. The molecule has 2 rings (SSSR count). The molecule has 0 spiro atoms. The number of aryl methyl sites for hydroxylation is 2. The van der Waals surface area contributed by atoms with E-state index in [1.807, 2.05) is 6.92 Å². The summed E-state index contributed by atoms with van der Waals surface area (Å²) in [6.45, 7) is 3.58. The molecule has 0 bridgehead atoms. The molecular weight excluding hydrogens is 333 g/mol. The summed E-state index contributed by atoms with van der Waals surface area (Å²) in [7, 11) is 0. The van der Waals surface area contributed by atoms with Gasteiger partial charge in [0.1, 0.15) is 10.6 Å². The largest absolute Gasteiger partial charge is 0.506 e. The number of phenols is 1. The van der Waals surface area contributed by atoms with Crippen LogP contribution in [0, 0.1) is 13.8 Å². The maximum Gasteiger partial charge on any atom is 0.283 e. The Hall–Kier alpha value is -1.63. The van der Waals surface area contributed by atoms with Crippen molar-refractivity contribution in [2.45, 2.75) is 13.8 Å². The lowest BCUT2D eigenvalue weighted by Gasteiger charge is -2.02. The number of nitrogens with zero attached hydrogens (tertiary/aromatic N) is 2. The van der Waals surface area contributed by atoms with Crippen LogP contribution in [0.15, 0.2) is 17.2 Å². The molecule has 0 atom stereocenters. The number of thiazole rings is 1. The zero-order valence-electron chi connectivity index (χ0n) is 11.1. The molecule has 2 aromatic rings. The first-order chi connectivity index (χ1) is 9.88. The van der Waals surface area contributed by atoms with Gasteiger partial charge in [-0.1, -0.05) is 23.2 Å². The van der Waals surface area contributed by atoms with E-state index < -0.39 is 0 Å². The minimum Gasteiger partial charge on any atom is -0.506 e. The predicted molar refractivity (Wildman–Crippen MR) is 84.8 cm³/mol. The number of halogens is 2. The predicted octanol–water partition coefficient (Wildman–Crippen LogP) is 3.54. The summed E-state index contributed by atoms with van der Waals surface area (Å²) >= 11 is 12.9. The number of nitrogens with one attached hydrogen (secondary N) is 1. The number of hydrazone groups is 1. The lowest BCUT2D eigenvalue weighted by molar-refractivity contribution is 0.0958. The number of aromatic hydroxyl groups is 1. The van der Waals surface area contributed by atoms with Crippen molar-refractivity contribution in [3.05, 3.63) is 43.3 Å². The maximum atomic E-state index is 11.9. The molecule has 0 aliphatic carbocycles. The van der Waals surface area contributed by atoms with E-state index in [9.17, 15) is 9.90 Å². The third-order valence-electron chi connectivity index (χ3n) is 2.54. The van der Waals surface area contributed by atoms with Crippen LogP contribution < -0.4 is 5.43 Å². The fraction of sp³-hybridized carbons (Fsp3) is 0.154. The van der Waals surface area contributed by atoms with Crippen molar-refractivity contribution >= 4 is 46.7 Å². The van der Waals surface area contributed by atoms with Gasteiger partial charge in [-0.3, -0.25) is 4.79 Å². The molecule has 8 heteroatoms. The molecule has 0 aliphatic rings. The van der Waals surface area contributed by atoms with Gasteiger partial charge < -0.3 is 5.11 Å². The zero-order chi connectivity index (χ0) is 15.6. The molecule has 0 saturated heterocycles. The van der Waals surface area contributed by atoms with Gasteiger partial charge in [0.15, 0.2) is 0 Å². The molecule has 0 unspecified atom stereocenters. The topological polar surface area (TPSA) is 74.6 Å². The third-order valence-corrected chi connectivity index (χ3v) is 4.12. The summed E-state index contributed by atoms with van der Waals surface area (Å²) in [5.41, 5.74) is 3.33. The molecule has 110 valence electrons. The van der Waals surface area contributed by atoms with E-state index in [0.29, 0.717) is 21.2 Å². The first kappa shape index (κ1) is 15.8. The average Bonchev–Trinajstić information content (AvgIpc) is 2.74. The number of carbonyl (C=O) groups is 1. The van der Waals surface area contributed by atoms with Crippen LogP contribution in [-0.2, 0) is 0 Å². The number of benzene rings is 1. The van der Waals surface area contributed by atoms with Gasteiger partial charge in [-0.2, -0.15) is 5.10 Å². The Morgan fingerprint density at radius 1 is 1.43 bits per heavy atom. The van der Waals surface area contributed by atoms with E-state index >= 15 is 0 Å². The highest BCUT2D eigenvalue weighted by Gasteiger charge is 2.13. The third kappa shape index (κ3) is 3.72. The van der Waals surface area contributed by atoms with E-state index in [1.165, 1.54) is 29.7 Å². The second kappa shape index (κ2) is 6.43. The van der Waals surface area contributed by atoms with Crippen LogP contribution in [0.4, 0.5) is 0 Å². The van der Waals surface area contributed by atoms with Crippen LogP contribution in [0.1, 0.15) is 25.9 Å². The first-order valence-corrected chi connectivity index (χ1v) is 7.41. The fourth-order valence-electron chi connectivity index (χ4n) is 1.64. The fourth-order valence-corrected chi connectivity index (χ4v) is 2.96. The van der Waals surface area contributed by atoms with Gasteiger partial charge in [0.05, 0.1) is 21.9 Å². The molecule has 1 amide bonds. The summed E-state index contributed by atoms with van der Waals surface area (Å²) < 4.78 is 0. The summed E-state index contributed by atoms with van der Waals surface area (Å²) in [5.74, 6) is -0.508. The monoisotopic (exact) mass is 343 g/mol. The van der Waals surface area contributed by atoms with Gasteiger partial charge in [-0.05, 0) is 26.0 Å². The normalized spacial score (nSPS) is 11.0. The van der Waals surface area contributed by atoms with Crippen molar-refractivity contribution in [3.63, 3.8) is 0 Å². The van der Waals surface area contributed by atoms with E-state index in [2.05, 4.69) is 15.5 Å². The van der Waals surface area contributed by atoms with Crippen LogP contribution in [-0.4, -0.2) is 22.2 Å². The molecule has 0 aliphatic heterocycles. The highest BCUT2D eigenvalue weighted by Crippen LogP contribution is 2.29. The van der Waals surface area contributed by atoms with Crippen LogP contribution >= 0.6 is 34.5 Å². The Kier molecular flexibility index (Phi) is 4.82. The molecule has 0 radical (unpaired) electrons. The van der Waals surface area contributed by atoms with Gasteiger partial charge in [0.25, 0.3) is 5.91 Å². The molecular formula is C13H11Cl2N3O2S. The van der Waals surface area contributed by atoms with Crippen LogP contribution in [0.2, 0.25) is 10.0 Å². The summed E-state index contributed by atoms with van der Waals surface area (Å²) in [5, 5.41) is 14.8. The number of rotatable bonds is 3. The molecule has 0 saturated carbocycles. The van der Waals surface area contributed by atoms with Crippen LogP contribution in [0.3, 0.4) is 0 Å². The van der Waals surface area contributed by atoms with Gasteiger partial charge in [0, 0.05) is 10.6 Å². The summed E-state index contributed by atoms with van der Waals surface area (Å²) in [6.07, 6.45) is 1.27. The lowest BCUT2D eigenvalue weighted by Crippen LogP contribution is -2.17. The van der Waals surface area contributed by atoms with Crippen molar-refractivity contribution in [1.82, 2.24) is 10.4 Å². The van der Waals surface area contributed by atoms with E-state index in [0.717, 1.165) is 5.01 Å². The highest BCUT2D eigenvalue weighted by molar-refractivity contribution is 7.13. The summed E-state index contributed by atoms with van der Waals surface area (Å²) in [6, 6.07) is 2.90. The van der Waals surface area contributed by atoms with Gasteiger partial charge in [0.2, 0.25) is 0 Å². The Balaban J connectivity index is 2.13. The lowest BCUT2D eigenvalue weighted by atomic mass is 10.2. The SMILES string of the molecule is Cc1nc(C)c(C(=O)N/N=C/c2cc(Cl)cc(Cl)c2O)s1. The number of phenolic OH excluding ortho intramolecular Hbond substituents is 1. The first-order valence-electron chi connectivity index (χ1n) is 5.84. The number of hydrogen-bond donors (Lipinski definition) is 2. The van der Waals surface area contributed by atoms with Gasteiger partial charge in [-0.25, -0.2) is 10.4 Å². The standard InChI is InChI=1S/C13H11Cl2N3O2S/c1-6-12(21-7(2)17-6)13(20)18-16-5-8-3-9(14)4-10(15)11(8)19/h3-5,19H,1-2H3,(H,18,20)/b16-5+. The number of carbonyl (C=O) groups excluding carboxylic acids is 1. The highest BCUT2D eigenvalue weighted by atomic mass is 35.5. The Morgan fingerprint density at radius 3 is 2.76 bits per heavy atom. The minimum absolute atomic E-state index is 0.115. The molecule has 2 N–H and O–H groups in total. The van der Waals surface area contributed by atoms with E-state index in [1.54, 1.807) is 6.92 Å². The molecule has 1 aromatic carbocycles. The van der Waals surface area contributed by atoms with Crippen molar-refractivity contribution in [1.29, 1.82) is 0 Å². The quantitative estimate of drug-likeness (QED) is 0.661. The van der Waals surface area contributed by atoms with Gasteiger partial charge >= 0.3 is 0 Å². The van der Waals surface area contributed by atoms with Crippen molar-refractivity contribution in [2.75, 3.05) is 0 Å².